The lowest BCUT2D eigenvalue weighted by atomic mass is 11.7. The van der Waals surface area contributed by atoms with Crippen molar-refractivity contribution in [2.45, 2.75) is 0 Å². The van der Waals surface area contributed by atoms with Crippen molar-refractivity contribution in [3.63, 3.8) is 0 Å². The molecular formula is C3H10N2O3Si. The van der Waals surface area contributed by atoms with Crippen molar-refractivity contribution in [1.29, 1.82) is 10.8 Å². The largest absolute Gasteiger partial charge is 0.400 e. The van der Waals surface area contributed by atoms with Crippen LogP contribution in [0.4, 0.5) is 0 Å². The van der Waals surface area contributed by atoms with Gasteiger partial charge in [0.15, 0.2) is 0 Å². The summed E-state index contributed by atoms with van der Waals surface area (Å²) in [4.78, 5) is 16.7. The van der Waals surface area contributed by atoms with Gasteiger partial charge in [-0.1, -0.05) is 0 Å². The molecule has 0 aliphatic carbocycles. The van der Waals surface area contributed by atoms with Crippen LogP contribution in [0.5, 0.6) is 0 Å². The van der Waals surface area contributed by atoms with E-state index in [9.17, 15) is 0 Å². The molecule has 0 saturated carbocycles. The molecule has 0 aromatic rings. The summed E-state index contributed by atoms with van der Waals surface area (Å²) in [6.07, 6.45) is 1.50. The number of nitrogens with one attached hydrogen (secondary N) is 2. The van der Waals surface area contributed by atoms with E-state index >= 15 is 0 Å². The first-order chi connectivity index (χ1) is 3.83. The maximum atomic E-state index is 8.35. The van der Waals surface area contributed by atoms with Crippen molar-refractivity contribution in [1.82, 2.24) is 0 Å². The molecular weight excluding hydrogens is 140 g/mol. The van der Waals surface area contributed by atoms with Crippen LogP contribution in [0.3, 0.4) is 0 Å². The highest BCUT2D eigenvalue weighted by Crippen LogP contribution is 0.871. The van der Waals surface area contributed by atoms with Crippen molar-refractivity contribution in [3.05, 3.63) is 0 Å². The van der Waals surface area contributed by atoms with Gasteiger partial charge in [0.05, 0.1) is 0 Å². The Balaban J connectivity index is -0.0000000202. The first-order valence-corrected chi connectivity index (χ1v) is 1.36. The van der Waals surface area contributed by atoms with Crippen LogP contribution in [0, 0.1) is 10.8 Å². The Morgan fingerprint density at radius 1 is 1.11 bits per heavy atom. The summed E-state index contributed by atoms with van der Waals surface area (Å²) in [6.45, 7) is 0. The fourth-order valence-electron chi connectivity index (χ4n) is 0. The van der Waals surface area contributed by atoms with Crippen molar-refractivity contribution in [2.75, 3.05) is 7.11 Å². The summed E-state index contributed by atoms with van der Waals surface area (Å²) in [5.74, 6) is 0. The molecule has 0 spiro atoms. The van der Waals surface area contributed by atoms with E-state index in [1.54, 1.807) is 0 Å². The van der Waals surface area contributed by atoms with Gasteiger partial charge in [0.2, 0.25) is 12.2 Å². The van der Waals surface area contributed by atoms with E-state index in [2.05, 4.69) is 0 Å². The van der Waals surface area contributed by atoms with Gasteiger partial charge in [0.25, 0.3) is 0 Å². The van der Waals surface area contributed by atoms with Crippen LogP contribution < -0.4 is 0 Å². The van der Waals surface area contributed by atoms with Crippen LogP contribution in [0.2, 0.25) is 0 Å². The number of rotatable bonds is 0. The van der Waals surface area contributed by atoms with Gasteiger partial charge < -0.3 is 5.11 Å². The minimum atomic E-state index is 0. The minimum absolute atomic E-state index is 0. The average molecular weight is 150 g/mol. The molecule has 0 atom stereocenters. The lowest BCUT2D eigenvalue weighted by Crippen LogP contribution is -1.25. The van der Waals surface area contributed by atoms with Gasteiger partial charge in [0, 0.05) is 7.11 Å². The first-order valence-electron chi connectivity index (χ1n) is 1.36. The standard InChI is InChI=1S/2CHNO.CH4O.H4Si/c2*2-1-3;1-2;/h2*2H;2H,1H3;1H4. The van der Waals surface area contributed by atoms with E-state index < -0.39 is 0 Å². The van der Waals surface area contributed by atoms with Gasteiger partial charge in [-0.05, 0) is 11.0 Å². The molecule has 9 heavy (non-hydrogen) atoms. The summed E-state index contributed by atoms with van der Waals surface area (Å²) in [7, 11) is 1.00. The van der Waals surface area contributed by atoms with E-state index in [0.29, 0.717) is 0 Å². The molecule has 0 aliphatic heterocycles. The van der Waals surface area contributed by atoms with Crippen LogP contribution in [0.15, 0.2) is 0 Å². The highest BCUT2D eigenvalue weighted by molar-refractivity contribution is 5.75. The van der Waals surface area contributed by atoms with Gasteiger partial charge in [-0.15, -0.1) is 0 Å². The number of hydrogen-bond donors (Lipinski definition) is 3. The Hall–Kier alpha value is -1.06. The Labute approximate surface area is 56.7 Å². The third kappa shape index (κ3) is 150. The smallest absolute Gasteiger partial charge is 0.231 e. The number of isocyanates is 2. The van der Waals surface area contributed by atoms with Gasteiger partial charge in [-0.3, -0.25) is 0 Å². The Bertz CT molecular complexity index is 71.1. The normalized spacial score (nSPS) is 2.44. The molecule has 0 heterocycles. The second-order valence-electron chi connectivity index (χ2n) is 0.204. The Morgan fingerprint density at radius 2 is 1.11 bits per heavy atom. The van der Waals surface area contributed by atoms with Crippen molar-refractivity contribution in [2.24, 2.45) is 0 Å². The molecule has 0 fully saturated rings. The molecule has 54 valence electrons. The van der Waals surface area contributed by atoms with Crippen molar-refractivity contribution < 1.29 is 14.7 Å². The topological polar surface area (TPSA) is 102 Å². The average Bonchev–Trinajstić information content (AvgIpc) is 1.75. The zero-order chi connectivity index (χ0) is 7.41. The quantitative estimate of drug-likeness (QED) is 0.210. The lowest BCUT2D eigenvalue weighted by molar-refractivity contribution is 0.399. The highest BCUT2D eigenvalue weighted by atomic mass is 28.1. The molecule has 0 unspecified atom stereocenters. The highest BCUT2D eigenvalue weighted by Gasteiger charge is 1.04. The molecule has 0 amide bonds. The third-order valence-corrected chi connectivity index (χ3v) is 0. The molecule has 0 bridgehead atoms. The van der Waals surface area contributed by atoms with Gasteiger partial charge in [-0.2, -0.15) is 0 Å². The monoisotopic (exact) mass is 150 g/mol. The number of hydrogen-bond acceptors (Lipinski definition) is 5. The first kappa shape index (κ1) is 24.6. The zero-order valence-corrected chi connectivity index (χ0v) is 4.26. The van der Waals surface area contributed by atoms with Gasteiger partial charge >= 0.3 is 0 Å². The third-order valence-electron chi connectivity index (χ3n) is 0. The molecule has 0 radical (unpaired) electrons. The van der Waals surface area contributed by atoms with Crippen molar-refractivity contribution >= 4 is 23.1 Å². The Kier molecular flexibility index (Phi) is 763. The summed E-state index contributed by atoms with van der Waals surface area (Å²) in [5, 5.41) is 17.8. The maximum absolute atomic E-state index is 8.35. The maximum Gasteiger partial charge on any atom is 0.231 e. The number of aliphatic hydroxyl groups is 1. The second-order valence-corrected chi connectivity index (χ2v) is 0.204. The van der Waals surface area contributed by atoms with E-state index in [1.807, 2.05) is 0 Å². The van der Waals surface area contributed by atoms with Crippen LogP contribution in [0.1, 0.15) is 0 Å². The molecule has 0 aliphatic rings. The van der Waals surface area contributed by atoms with E-state index in [1.165, 1.54) is 0 Å². The lowest BCUT2D eigenvalue weighted by Gasteiger charge is -1.21. The summed E-state index contributed by atoms with van der Waals surface area (Å²) < 4.78 is 0. The van der Waals surface area contributed by atoms with Gasteiger partial charge in [0.1, 0.15) is 0 Å². The molecule has 3 N–H and O–H groups in total. The van der Waals surface area contributed by atoms with Gasteiger partial charge in [-0.25, -0.2) is 20.4 Å². The predicted molar refractivity (Wildman–Crippen MR) is 36.3 cm³/mol. The fraction of sp³-hybridized carbons (Fsp3) is 0.333. The number of carbonyl (C=O) groups excluding carboxylic acids is 2. The molecule has 0 saturated heterocycles. The summed E-state index contributed by atoms with van der Waals surface area (Å²) in [6, 6.07) is 0. The molecule has 0 rings (SSSR count). The summed E-state index contributed by atoms with van der Waals surface area (Å²) in [5.41, 5.74) is 0. The van der Waals surface area contributed by atoms with Crippen LogP contribution in [0.25, 0.3) is 0 Å². The number of aliphatic hydroxyl groups excluding tert-OH is 1. The SMILES string of the molecule is CO.N=C=O.N=C=O.[SiH4]. The predicted octanol–water partition coefficient (Wildman–Crippen LogP) is -2.04. The van der Waals surface area contributed by atoms with Crippen LogP contribution in [-0.2, 0) is 9.59 Å². The van der Waals surface area contributed by atoms with Crippen molar-refractivity contribution in [3.8, 4) is 0 Å². The minimum Gasteiger partial charge on any atom is -0.400 e. The van der Waals surface area contributed by atoms with E-state index in [-0.39, 0.29) is 11.0 Å². The van der Waals surface area contributed by atoms with E-state index in [4.69, 9.17) is 25.5 Å². The molecule has 0 aromatic carbocycles. The second kappa shape index (κ2) is 279. The zero-order valence-electron chi connectivity index (χ0n) is 4.26. The fourth-order valence-corrected chi connectivity index (χ4v) is 0. The summed E-state index contributed by atoms with van der Waals surface area (Å²) >= 11 is 0. The van der Waals surface area contributed by atoms with Crippen LogP contribution >= 0.6 is 0 Å². The molecule has 0 aromatic heterocycles. The molecule has 5 nitrogen and oxygen atoms in total. The van der Waals surface area contributed by atoms with Crippen LogP contribution in [-0.4, -0.2) is 35.3 Å². The Morgan fingerprint density at radius 3 is 1.11 bits per heavy atom. The van der Waals surface area contributed by atoms with E-state index in [0.717, 1.165) is 19.3 Å². The molecule has 6 heteroatoms.